The Labute approximate surface area is 99.0 Å². The van der Waals surface area contributed by atoms with E-state index in [0.29, 0.717) is 11.8 Å². The topological polar surface area (TPSA) is 46.4 Å². The Morgan fingerprint density at radius 1 is 1.38 bits per heavy atom. The lowest BCUT2D eigenvalue weighted by Gasteiger charge is -2.35. The molecule has 0 saturated carbocycles. The molecule has 0 bridgehead atoms. The van der Waals surface area contributed by atoms with Crippen LogP contribution in [0.15, 0.2) is 12.1 Å². The van der Waals surface area contributed by atoms with E-state index in [-0.39, 0.29) is 9.92 Å². The Hall–Kier alpha value is -1.10. The van der Waals surface area contributed by atoms with E-state index in [1.165, 1.54) is 17.8 Å². The molecule has 0 aliphatic carbocycles. The van der Waals surface area contributed by atoms with Gasteiger partial charge in [-0.05, 0) is 35.7 Å². The van der Waals surface area contributed by atoms with Gasteiger partial charge < -0.3 is 4.90 Å². The Kier molecular flexibility index (Phi) is 3.14. The summed E-state index contributed by atoms with van der Waals surface area (Å²) in [6.07, 6.45) is 1.25. The van der Waals surface area contributed by atoms with Crippen molar-refractivity contribution in [3.8, 4) is 0 Å². The van der Waals surface area contributed by atoms with Gasteiger partial charge in [-0.15, -0.1) is 0 Å². The van der Waals surface area contributed by atoms with E-state index in [1.807, 2.05) is 6.07 Å². The van der Waals surface area contributed by atoms with Gasteiger partial charge >= 0.3 is 5.00 Å². The zero-order valence-corrected chi connectivity index (χ0v) is 10.4. The third-order valence-electron chi connectivity index (χ3n) is 2.94. The fraction of sp³-hybridized carbons (Fsp3) is 0.636. The maximum atomic E-state index is 10.6. The summed E-state index contributed by atoms with van der Waals surface area (Å²) in [5.74, 6) is 1.34. The number of hydrogen-bond donors (Lipinski definition) is 0. The van der Waals surface area contributed by atoms with Crippen LogP contribution in [0.25, 0.3) is 0 Å². The third-order valence-corrected chi connectivity index (χ3v) is 4.04. The van der Waals surface area contributed by atoms with Crippen molar-refractivity contribution in [1.82, 2.24) is 0 Å². The molecule has 1 aromatic rings. The first-order chi connectivity index (χ1) is 7.56. The molecule has 2 rings (SSSR count). The smallest absolute Gasteiger partial charge is 0.326 e. The van der Waals surface area contributed by atoms with E-state index < -0.39 is 0 Å². The van der Waals surface area contributed by atoms with Gasteiger partial charge in [-0.25, -0.2) is 0 Å². The Bertz CT molecular complexity index is 381. The summed E-state index contributed by atoms with van der Waals surface area (Å²) in [6, 6.07) is 3.47. The number of nitrogens with zero attached hydrogens (tertiary/aromatic N) is 2. The summed E-state index contributed by atoms with van der Waals surface area (Å²) in [5.41, 5.74) is 0. The molecule has 0 radical (unpaired) electrons. The van der Waals surface area contributed by atoms with Crippen LogP contribution in [-0.4, -0.2) is 18.0 Å². The minimum atomic E-state index is -0.315. The first kappa shape index (κ1) is 11.4. The van der Waals surface area contributed by atoms with Gasteiger partial charge in [-0.3, -0.25) is 10.1 Å². The van der Waals surface area contributed by atoms with Gasteiger partial charge in [0.15, 0.2) is 0 Å². The minimum Gasteiger partial charge on any atom is -0.363 e. The van der Waals surface area contributed by atoms with Crippen LogP contribution in [0.4, 0.5) is 10.0 Å². The zero-order valence-electron chi connectivity index (χ0n) is 9.55. The zero-order chi connectivity index (χ0) is 11.7. The first-order valence-corrected chi connectivity index (χ1v) is 6.37. The molecule has 1 aliphatic rings. The van der Waals surface area contributed by atoms with Gasteiger partial charge in [0.25, 0.3) is 0 Å². The standard InChI is InChI=1S/C11H16N2O2S/c1-8-5-9(2)7-12(6-8)10-3-4-11(16-10)13(14)15/h3-4,8-9H,5-7H2,1-2H3/t8-,9+. The van der Waals surface area contributed by atoms with Crippen LogP contribution < -0.4 is 4.90 Å². The second kappa shape index (κ2) is 4.41. The van der Waals surface area contributed by atoms with Crippen LogP contribution in [0.1, 0.15) is 20.3 Å². The highest BCUT2D eigenvalue weighted by Crippen LogP contribution is 2.34. The largest absolute Gasteiger partial charge is 0.363 e. The number of anilines is 1. The summed E-state index contributed by atoms with van der Waals surface area (Å²) in [7, 11) is 0. The van der Waals surface area contributed by atoms with Gasteiger partial charge in [0.1, 0.15) is 0 Å². The molecule has 1 saturated heterocycles. The number of nitro groups is 1. The second-order valence-electron chi connectivity index (χ2n) is 4.72. The van der Waals surface area contributed by atoms with E-state index in [4.69, 9.17) is 0 Å². The normalized spacial score (nSPS) is 25.8. The van der Waals surface area contributed by atoms with Crippen molar-refractivity contribution in [2.75, 3.05) is 18.0 Å². The van der Waals surface area contributed by atoms with E-state index >= 15 is 0 Å². The first-order valence-electron chi connectivity index (χ1n) is 5.55. The van der Waals surface area contributed by atoms with Gasteiger partial charge in [0.2, 0.25) is 0 Å². The highest BCUT2D eigenvalue weighted by Gasteiger charge is 2.24. The lowest BCUT2D eigenvalue weighted by atomic mass is 9.92. The molecule has 88 valence electrons. The number of piperidine rings is 1. The van der Waals surface area contributed by atoms with Crippen molar-refractivity contribution in [3.63, 3.8) is 0 Å². The third kappa shape index (κ3) is 2.35. The molecule has 0 unspecified atom stereocenters. The molecule has 1 fully saturated rings. The fourth-order valence-corrected chi connectivity index (χ4v) is 3.27. The molecular weight excluding hydrogens is 224 g/mol. The summed E-state index contributed by atoms with van der Waals surface area (Å²) in [4.78, 5) is 12.6. The van der Waals surface area contributed by atoms with E-state index in [9.17, 15) is 10.1 Å². The van der Waals surface area contributed by atoms with Crippen molar-refractivity contribution in [2.45, 2.75) is 20.3 Å². The molecule has 0 spiro atoms. The van der Waals surface area contributed by atoms with Crippen LogP contribution in [0, 0.1) is 22.0 Å². The van der Waals surface area contributed by atoms with Gasteiger partial charge in [-0.1, -0.05) is 13.8 Å². The number of rotatable bonds is 2. The lowest BCUT2D eigenvalue weighted by molar-refractivity contribution is -0.380. The Morgan fingerprint density at radius 3 is 2.50 bits per heavy atom. The molecule has 5 heteroatoms. The Balaban J connectivity index is 2.13. The number of hydrogen-bond acceptors (Lipinski definition) is 4. The van der Waals surface area contributed by atoms with Crippen LogP contribution >= 0.6 is 11.3 Å². The fourth-order valence-electron chi connectivity index (χ4n) is 2.43. The minimum absolute atomic E-state index is 0.237. The van der Waals surface area contributed by atoms with Crippen molar-refractivity contribution in [3.05, 3.63) is 22.2 Å². The van der Waals surface area contributed by atoms with Crippen LogP contribution in [0.3, 0.4) is 0 Å². The van der Waals surface area contributed by atoms with Crippen molar-refractivity contribution < 1.29 is 4.92 Å². The summed E-state index contributed by atoms with van der Waals surface area (Å²) < 4.78 is 0. The van der Waals surface area contributed by atoms with Crippen LogP contribution in [0.5, 0.6) is 0 Å². The highest BCUT2D eigenvalue weighted by molar-refractivity contribution is 7.19. The SMILES string of the molecule is C[C@@H]1C[C@H](C)CN(c2ccc([N+](=O)[O-])s2)C1. The quantitative estimate of drug-likeness (QED) is 0.589. The predicted molar refractivity (Wildman–Crippen MR) is 66.1 cm³/mol. The molecule has 0 aromatic carbocycles. The summed E-state index contributed by atoms with van der Waals surface area (Å²) in [6.45, 7) is 6.51. The molecule has 2 heterocycles. The van der Waals surface area contributed by atoms with Gasteiger partial charge in [0.05, 0.1) is 9.92 Å². The predicted octanol–water partition coefficient (Wildman–Crippen LogP) is 3.14. The highest BCUT2D eigenvalue weighted by atomic mass is 32.1. The van der Waals surface area contributed by atoms with Gasteiger partial charge in [-0.2, -0.15) is 0 Å². The lowest BCUT2D eigenvalue weighted by Crippen LogP contribution is -2.38. The Morgan fingerprint density at radius 2 is 2.00 bits per heavy atom. The van der Waals surface area contributed by atoms with Crippen LogP contribution in [-0.2, 0) is 0 Å². The second-order valence-corrected chi connectivity index (χ2v) is 5.76. The monoisotopic (exact) mass is 240 g/mol. The summed E-state index contributed by atoms with van der Waals surface area (Å²) in [5, 5.41) is 11.9. The van der Waals surface area contributed by atoms with E-state index in [0.717, 1.165) is 18.1 Å². The molecular formula is C11H16N2O2S. The molecule has 0 N–H and O–H groups in total. The number of thiophene rings is 1. The molecule has 4 nitrogen and oxygen atoms in total. The van der Waals surface area contributed by atoms with Crippen LogP contribution in [0.2, 0.25) is 0 Å². The van der Waals surface area contributed by atoms with E-state index in [2.05, 4.69) is 18.7 Å². The maximum Gasteiger partial charge on any atom is 0.326 e. The maximum absolute atomic E-state index is 10.6. The van der Waals surface area contributed by atoms with E-state index in [1.54, 1.807) is 6.07 Å². The molecule has 2 atom stereocenters. The van der Waals surface area contributed by atoms with Crippen molar-refractivity contribution in [1.29, 1.82) is 0 Å². The average Bonchev–Trinajstić information content (AvgIpc) is 2.64. The average molecular weight is 240 g/mol. The molecule has 0 amide bonds. The summed E-state index contributed by atoms with van der Waals surface area (Å²) >= 11 is 1.28. The molecule has 1 aromatic heterocycles. The van der Waals surface area contributed by atoms with Gasteiger partial charge in [0, 0.05) is 19.2 Å². The molecule has 16 heavy (non-hydrogen) atoms. The van der Waals surface area contributed by atoms with Crippen molar-refractivity contribution >= 4 is 21.3 Å². The molecule has 1 aliphatic heterocycles. The van der Waals surface area contributed by atoms with Crippen molar-refractivity contribution in [2.24, 2.45) is 11.8 Å².